The van der Waals surface area contributed by atoms with Crippen molar-refractivity contribution >= 4 is 27.2 Å². The van der Waals surface area contributed by atoms with Gasteiger partial charge in [0.25, 0.3) is 0 Å². The first-order valence-electron chi connectivity index (χ1n) is 9.31. The Morgan fingerprint density at radius 2 is 1.25 bits per heavy atom. The summed E-state index contributed by atoms with van der Waals surface area (Å²) in [6.45, 7) is 0. The van der Waals surface area contributed by atoms with Crippen LogP contribution in [0.1, 0.15) is 0 Å². The van der Waals surface area contributed by atoms with Crippen molar-refractivity contribution in [3.8, 4) is 28.0 Å². The van der Waals surface area contributed by atoms with Crippen molar-refractivity contribution in [3.05, 3.63) is 97.1 Å². The molecule has 0 aliphatic carbocycles. The molecule has 0 heterocycles. The van der Waals surface area contributed by atoms with Gasteiger partial charge in [-0.05, 0) is 50.9 Å². The van der Waals surface area contributed by atoms with Crippen LogP contribution in [-0.2, 0) is 0 Å². The number of rotatable bonds is 2. The van der Waals surface area contributed by atoms with E-state index in [0.717, 1.165) is 38.2 Å². The molecule has 0 aromatic heterocycles. The molecule has 0 saturated heterocycles. The number of hydrogen-bond acceptors (Lipinski definition) is 2. The number of benzene rings is 5. The molecule has 0 aliphatic rings. The van der Waals surface area contributed by atoms with Crippen LogP contribution in [0.3, 0.4) is 0 Å². The van der Waals surface area contributed by atoms with E-state index in [0.29, 0.717) is 5.69 Å². The fourth-order valence-electron chi connectivity index (χ4n) is 3.96. The highest BCUT2D eigenvalue weighted by atomic mass is 16.3. The number of phenols is 1. The summed E-state index contributed by atoms with van der Waals surface area (Å²) in [7, 11) is 0. The number of hydrogen-bond donors (Lipinski definition) is 2. The molecule has 0 saturated carbocycles. The van der Waals surface area contributed by atoms with Gasteiger partial charge in [0.2, 0.25) is 0 Å². The molecule has 0 amide bonds. The lowest BCUT2D eigenvalue weighted by Crippen LogP contribution is -1.93. The van der Waals surface area contributed by atoms with Gasteiger partial charge in [-0.3, -0.25) is 0 Å². The Balaban J connectivity index is 1.82. The Morgan fingerprint density at radius 1 is 0.536 bits per heavy atom. The van der Waals surface area contributed by atoms with E-state index in [4.69, 9.17) is 5.73 Å². The number of fused-ring (bicyclic) bond motifs is 2. The van der Waals surface area contributed by atoms with Gasteiger partial charge in [-0.15, -0.1) is 0 Å². The molecule has 0 bridgehead atoms. The van der Waals surface area contributed by atoms with Gasteiger partial charge in [-0.25, -0.2) is 0 Å². The molecule has 5 rings (SSSR count). The fraction of sp³-hybridized carbons (Fsp3) is 0. The van der Waals surface area contributed by atoms with Crippen LogP contribution in [0.15, 0.2) is 97.1 Å². The molecule has 2 heteroatoms. The summed E-state index contributed by atoms with van der Waals surface area (Å²) >= 11 is 0. The van der Waals surface area contributed by atoms with Gasteiger partial charge in [-0.2, -0.15) is 0 Å². The lowest BCUT2D eigenvalue weighted by atomic mass is 9.90. The summed E-state index contributed by atoms with van der Waals surface area (Å²) in [5.74, 6) is 0.241. The Labute approximate surface area is 163 Å². The minimum Gasteiger partial charge on any atom is -0.507 e. The number of nitrogen functional groups attached to an aromatic ring is 1. The number of anilines is 1. The van der Waals surface area contributed by atoms with Gasteiger partial charge >= 0.3 is 0 Å². The topological polar surface area (TPSA) is 46.2 Å². The molecule has 0 unspecified atom stereocenters. The molecule has 0 spiro atoms. The molecule has 28 heavy (non-hydrogen) atoms. The summed E-state index contributed by atoms with van der Waals surface area (Å²) < 4.78 is 0. The zero-order valence-electron chi connectivity index (χ0n) is 15.3. The molecule has 5 aromatic rings. The smallest absolute Gasteiger partial charge is 0.124 e. The third-order valence-corrected chi connectivity index (χ3v) is 5.32. The molecule has 0 atom stereocenters. The van der Waals surface area contributed by atoms with Gasteiger partial charge in [0.15, 0.2) is 0 Å². The Kier molecular flexibility index (Phi) is 3.77. The third kappa shape index (κ3) is 2.58. The maximum absolute atomic E-state index is 10.7. The Hall–Kier alpha value is -3.78. The second kappa shape index (κ2) is 6.43. The maximum atomic E-state index is 10.7. The first-order chi connectivity index (χ1) is 13.7. The lowest BCUT2D eigenvalue weighted by molar-refractivity contribution is 0.478. The predicted molar refractivity (Wildman–Crippen MR) is 118 cm³/mol. The summed E-state index contributed by atoms with van der Waals surface area (Å²) in [6.07, 6.45) is 0. The van der Waals surface area contributed by atoms with Gasteiger partial charge < -0.3 is 10.8 Å². The maximum Gasteiger partial charge on any atom is 0.124 e. The van der Waals surface area contributed by atoms with E-state index in [9.17, 15) is 5.11 Å². The lowest BCUT2D eigenvalue weighted by Gasteiger charge is -2.15. The molecule has 0 fully saturated rings. The first kappa shape index (κ1) is 16.4. The van der Waals surface area contributed by atoms with Crippen molar-refractivity contribution in [1.82, 2.24) is 0 Å². The quantitative estimate of drug-likeness (QED) is 0.347. The zero-order valence-corrected chi connectivity index (χ0v) is 15.3. The van der Waals surface area contributed by atoms with Crippen LogP contribution < -0.4 is 5.73 Å². The Bertz CT molecular complexity index is 1320. The average Bonchev–Trinajstić information content (AvgIpc) is 2.75. The fourth-order valence-corrected chi connectivity index (χ4v) is 3.96. The van der Waals surface area contributed by atoms with E-state index in [-0.39, 0.29) is 5.75 Å². The van der Waals surface area contributed by atoms with Crippen molar-refractivity contribution in [2.24, 2.45) is 0 Å². The second-order valence-electron chi connectivity index (χ2n) is 7.01. The van der Waals surface area contributed by atoms with Crippen LogP contribution in [0.2, 0.25) is 0 Å². The van der Waals surface area contributed by atoms with Gasteiger partial charge in [-0.1, -0.05) is 78.9 Å². The third-order valence-electron chi connectivity index (χ3n) is 5.32. The summed E-state index contributed by atoms with van der Waals surface area (Å²) in [5, 5.41) is 14.9. The second-order valence-corrected chi connectivity index (χ2v) is 7.01. The Morgan fingerprint density at radius 3 is 2.11 bits per heavy atom. The van der Waals surface area contributed by atoms with Crippen LogP contribution in [0.4, 0.5) is 5.69 Å². The normalized spacial score (nSPS) is 11.1. The highest BCUT2D eigenvalue weighted by Crippen LogP contribution is 2.43. The summed E-state index contributed by atoms with van der Waals surface area (Å²) in [6, 6.07) is 32.4. The van der Waals surface area contributed by atoms with Crippen LogP contribution in [0.25, 0.3) is 43.8 Å². The first-order valence-corrected chi connectivity index (χ1v) is 9.31. The molecule has 0 aliphatic heterocycles. The number of phenolic OH excluding ortho intramolecular Hbond substituents is 1. The van der Waals surface area contributed by atoms with Crippen LogP contribution >= 0.6 is 0 Å². The molecular weight excluding hydrogens is 342 g/mol. The van der Waals surface area contributed by atoms with Crippen molar-refractivity contribution in [1.29, 1.82) is 0 Å². The van der Waals surface area contributed by atoms with Gasteiger partial charge in [0.05, 0.1) is 0 Å². The number of nitrogens with two attached hydrogens (primary N) is 1. The zero-order chi connectivity index (χ0) is 19.1. The molecular formula is C26H19NO. The van der Waals surface area contributed by atoms with Crippen molar-refractivity contribution in [2.45, 2.75) is 0 Å². The molecule has 5 aromatic carbocycles. The summed E-state index contributed by atoms with van der Waals surface area (Å²) in [4.78, 5) is 0. The van der Waals surface area contributed by atoms with E-state index in [1.807, 2.05) is 60.7 Å². The van der Waals surface area contributed by atoms with Crippen molar-refractivity contribution in [2.75, 3.05) is 5.73 Å². The van der Waals surface area contributed by atoms with E-state index in [1.165, 1.54) is 5.56 Å². The molecule has 2 nitrogen and oxygen atoms in total. The minimum absolute atomic E-state index is 0.241. The van der Waals surface area contributed by atoms with E-state index >= 15 is 0 Å². The standard InChI is InChI=1S/C26H19NO/c27-23-14-11-20-16-19(17-6-2-1-3-7-17)10-13-22(20)25(23)26-21-9-5-4-8-18(21)12-15-24(26)28/h1-16,28H,27H2. The van der Waals surface area contributed by atoms with Crippen LogP contribution in [0.5, 0.6) is 5.75 Å². The predicted octanol–water partition coefficient (Wildman–Crippen LogP) is 6.61. The van der Waals surface area contributed by atoms with Gasteiger partial charge in [0.1, 0.15) is 5.75 Å². The van der Waals surface area contributed by atoms with Crippen molar-refractivity contribution in [3.63, 3.8) is 0 Å². The van der Waals surface area contributed by atoms with E-state index in [1.54, 1.807) is 6.07 Å². The SMILES string of the molecule is Nc1ccc2cc(-c3ccccc3)ccc2c1-c1c(O)ccc2ccccc12. The molecule has 134 valence electrons. The van der Waals surface area contributed by atoms with E-state index < -0.39 is 0 Å². The summed E-state index contributed by atoms with van der Waals surface area (Å²) in [5.41, 5.74) is 11.1. The largest absolute Gasteiger partial charge is 0.507 e. The molecule has 0 radical (unpaired) electrons. The van der Waals surface area contributed by atoms with E-state index in [2.05, 4.69) is 30.3 Å². The van der Waals surface area contributed by atoms with Crippen molar-refractivity contribution < 1.29 is 5.11 Å². The van der Waals surface area contributed by atoms with Gasteiger partial charge in [0, 0.05) is 16.8 Å². The monoisotopic (exact) mass is 361 g/mol. The molecule has 3 N–H and O–H groups in total. The minimum atomic E-state index is 0.241. The highest BCUT2D eigenvalue weighted by molar-refractivity contribution is 6.11. The average molecular weight is 361 g/mol. The van der Waals surface area contributed by atoms with Crippen LogP contribution in [-0.4, -0.2) is 5.11 Å². The highest BCUT2D eigenvalue weighted by Gasteiger charge is 2.15. The number of aromatic hydroxyl groups is 1. The van der Waals surface area contributed by atoms with Crippen LogP contribution in [0, 0.1) is 0 Å².